The van der Waals surface area contributed by atoms with Gasteiger partial charge in [0.25, 0.3) is 0 Å². The highest BCUT2D eigenvalue weighted by Gasteiger charge is 2.37. The number of aryl methyl sites for hydroxylation is 1. The lowest BCUT2D eigenvalue weighted by Crippen LogP contribution is -2.43. The van der Waals surface area contributed by atoms with Crippen molar-refractivity contribution in [1.29, 1.82) is 0 Å². The number of aromatic amines is 1. The van der Waals surface area contributed by atoms with Crippen molar-refractivity contribution in [2.24, 2.45) is 0 Å². The fraction of sp³-hybridized carbons (Fsp3) is 0.333. The number of aromatic nitrogens is 4. The third-order valence-electron chi connectivity index (χ3n) is 7.16. The maximum atomic E-state index is 14.1. The van der Waals surface area contributed by atoms with Gasteiger partial charge in [-0.15, -0.1) is 0 Å². The molecular formula is C30H37FN6O3S. The monoisotopic (exact) mass is 580 g/mol. The average molecular weight is 581 g/mol. The summed E-state index contributed by atoms with van der Waals surface area (Å²) >= 11 is 1.42. The number of carbonyl (C=O) groups is 1. The van der Waals surface area contributed by atoms with Crippen molar-refractivity contribution in [2.45, 2.75) is 55.2 Å². The Labute approximate surface area is 245 Å². The van der Waals surface area contributed by atoms with Crippen LogP contribution in [0, 0.1) is 12.7 Å². The van der Waals surface area contributed by atoms with Crippen LogP contribution >= 0.6 is 11.8 Å². The second-order valence-corrected chi connectivity index (χ2v) is 11.2. The second kappa shape index (κ2) is 12.3. The molecule has 3 heterocycles. The quantitative estimate of drug-likeness (QED) is 0.193. The normalized spacial score (nSPS) is 14.6. The van der Waals surface area contributed by atoms with E-state index in [9.17, 15) is 14.3 Å². The molecule has 1 aliphatic rings. The Balaban J connectivity index is 0.00000253. The van der Waals surface area contributed by atoms with Crippen molar-refractivity contribution < 1.29 is 21.9 Å². The highest BCUT2D eigenvalue weighted by Crippen LogP contribution is 2.40. The largest absolute Gasteiger partial charge is 0.496 e. The summed E-state index contributed by atoms with van der Waals surface area (Å²) < 4.78 is 19.5. The summed E-state index contributed by atoms with van der Waals surface area (Å²) in [4.78, 5) is 24.4. The molecule has 9 nitrogen and oxygen atoms in total. The van der Waals surface area contributed by atoms with Crippen molar-refractivity contribution in [3.05, 3.63) is 77.2 Å². The number of piperidine rings is 1. The lowest BCUT2D eigenvalue weighted by atomic mass is 9.83. The van der Waals surface area contributed by atoms with E-state index in [1.54, 1.807) is 6.07 Å². The number of H-pyrrole nitrogens is 1. The number of ketones is 1. The molecule has 5 rings (SSSR count). The van der Waals surface area contributed by atoms with Crippen molar-refractivity contribution in [3.8, 4) is 5.75 Å². The summed E-state index contributed by atoms with van der Waals surface area (Å²) in [7, 11) is 1.52. The van der Waals surface area contributed by atoms with Gasteiger partial charge in [0.1, 0.15) is 29.0 Å². The number of Topliss-reactive ketones (excluding diaryl/α,β-unsaturated/α-hetero) is 1. The Morgan fingerprint density at radius 1 is 1.15 bits per heavy atom. The molecule has 2 aromatic carbocycles. The summed E-state index contributed by atoms with van der Waals surface area (Å²) in [6, 6.07) is 15.8. The SMILES string of the molecule is CCC(=O)Cc1ccc(Sc2nc(Nc3cc(C)[nH]n3)cc(N3CCC(O)(c4cc(F)ccc4OC)CC3)n2)cc1.[HH].[HH]. The van der Waals surface area contributed by atoms with E-state index < -0.39 is 11.4 Å². The van der Waals surface area contributed by atoms with Crippen LogP contribution in [-0.4, -0.2) is 51.3 Å². The first-order valence-electron chi connectivity index (χ1n) is 13.5. The zero-order valence-corrected chi connectivity index (χ0v) is 24.1. The molecule has 1 fully saturated rings. The van der Waals surface area contributed by atoms with Crippen LogP contribution in [0.25, 0.3) is 0 Å². The predicted molar refractivity (Wildman–Crippen MR) is 161 cm³/mol. The van der Waals surface area contributed by atoms with Crippen LogP contribution < -0.4 is 15.0 Å². The number of anilines is 3. The fourth-order valence-corrected chi connectivity index (χ4v) is 5.62. The Morgan fingerprint density at radius 3 is 2.56 bits per heavy atom. The van der Waals surface area contributed by atoms with E-state index in [2.05, 4.69) is 20.4 Å². The van der Waals surface area contributed by atoms with Crippen LogP contribution in [-0.2, 0) is 16.8 Å². The molecule has 0 saturated carbocycles. The molecule has 4 aromatic rings. The third-order valence-corrected chi connectivity index (χ3v) is 8.03. The van der Waals surface area contributed by atoms with Crippen molar-refractivity contribution >= 4 is 35.0 Å². The van der Waals surface area contributed by atoms with Crippen LogP contribution in [0.1, 0.15) is 45.9 Å². The van der Waals surface area contributed by atoms with E-state index in [4.69, 9.17) is 14.7 Å². The topological polar surface area (TPSA) is 116 Å². The number of halogens is 1. The van der Waals surface area contributed by atoms with E-state index in [-0.39, 0.29) is 8.64 Å². The number of nitrogens with one attached hydrogen (secondary N) is 2. The van der Waals surface area contributed by atoms with Gasteiger partial charge in [-0.1, -0.05) is 19.1 Å². The number of nitrogens with zero attached hydrogens (tertiary/aromatic N) is 4. The third kappa shape index (κ3) is 6.86. The molecule has 2 aromatic heterocycles. The van der Waals surface area contributed by atoms with E-state index >= 15 is 0 Å². The molecule has 0 unspecified atom stereocenters. The molecule has 3 N–H and O–H groups in total. The van der Waals surface area contributed by atoms with Crippen LogP contribution in [0.15, 0.2) is 64.6 Å². The molecule has 0 aliphatic carbocycles. The average Bonchev–Trinajstić information content (AvgIpc) is 3.38. The number of hydrogen-bond donors (Lipinski definition) is 3. The first-order valence-corrected chi connectivity index (χ1v) is 14.3. The van der Waals surface area contributed by atoms with Crippen LogP contribution in [0.2, 0.25) is 0 Å². The number of carbonyl (C=O) groups excluding carboxylic acids is 1. The number of rotatable bonds is 10. The molecule has 11 heteroatoms. The first kappa shape index (κ1) is 28.6. The van der Waals surface area contributed by atoms with Crippen LogP contribution in [0.5, 0.6) is 5.75 Å². The number of benzene rings is 2. The van der Waals surface area contributed by atoms with Crippen LogP contribution in [0.3, 0.4) is 0 Å². The standard InChI is InChI=1S/C30H33FN6O3S.2H2/c1-4-22(38)16-20-5-8-23(9-6-20)41-29-33-26(32-27-15-19(2)35-36-27)18-28(34-29)37-13-11-30(39,12-14-37)24-17-21(31)7-10-25(24)40-3;;/h5-10,15,17-18,39H,4,11-14,16H2,1-3H3,(H2,32,33,34,35,36);2*1H. The maximum absolute atomic E-state index is 14.1. The highest BCUT2D eigenvalue weighted by atomic mass is 32.2. The summed E-state index contributed by atoms with van der Waals surface area (Å²) in [6.07, 6.45) is 1.69. The zero-order chi connectivity index (χ0) is 29.0. The Morgan fingerprint density at radius 2 is 1.90 bits per heavy atom. The Hall–Kier alpha value is -3.96. The predicted octanol–water partition coefficient (Wildman–Crippen LogP) is 6.05. The molecular weight excluding hydrogens is 543 g/mol. The Bertz CT molecular complexity index is 1530. The summed E-state index contributed by atoms with van der Waals surface area (Å²) in [5.41, 5.74) is 1.13. The maximum Gasteiger partial charge on any atom is 0.196 e. The van der Waals surface area contributed by atoms with Gasteiger partial charge in [-0.05, 0) is 67.4 Å². The minimum absolute atomic E-state index is 0. The second-order valence-electron chi connectivity index (χ2n) is 10.1. The van der Waals surface area contributed by atoms with Gasteiger partial charge >= 0.3 is 0 Å². The van der Waals surface area contributed by atoms with Gasteiger partial charge in [0, 0.05) is 57.1 Å². The summed E-state index contributed by atoms with van der Waals surface area (Å²) in [5.74, 6) is 2.18. The number of hydrogen-bond acceptors (Lipinski definition) is 9. The van der Waals surface area contributed by atoms with Gasteiger partial charge in [-0.25, -0.2) is 14.4 Å². The minimum atomic E-state index is -1.22. The molecule has 0 spiro atoms. The van der Waals surface area contributed by atoms with Gasteiger partial charge < -0.3 is 20.1 Å². The van der Waals surface area contributed by atoms with Gasteiger partial charge in [0.15, 0.2) is 11.0 Å². The molecule has 0 bridgehead atoms. The number of ether oxygens (including phenoxy) is 1. The van der Waals surface area contributed by atoms with Gasteiger partial charge in [0.05, 0.1) is 12.7 Å². The van der Waals surface area contributed by atoms with E-state index in [0.717, 1.165) is 16.2 Å². The molecule has 41 heavy (non-hydrogen) atoms. The molecule has 0 amide bonds. The van der Waals surface area contributed by atoms with Gasteiger partial charge in [-0.3, -0.25) is 9.89 Å². The fourth-order valence-electron chi connectivity index (χ4n) is 4.85. The van der Waals surface area contributed by atoms with Crippen LogP contribution in [0.4, 0.5) is 21.8 Å². The first-order chi connectivity index (χ1) is 19.7. The molecule has 218 valence electrons. The lowest BCUT2D eigenvalue weighted by molar-refractivity contribution is -0.118. The van der Waals surface area contributed by atoms with E-state index in [1.165, 1.54) is 31.0 Å². The minimum Gasteiger partial charge on any atom is -0.496 e. The number of aliphatic hydroxyl groups is 1. The summed E-state index contributed by atoms with van der Waals surface area (Å²) in [6.45, 7) is 4.79. The molecule has 0 radical (unpaired) electrons. The number of methoxy groups -OCH3 is 1. The van der Waals surface area contributed by atoms with Gasteiger partial charge in [0.2, 0.25) is 0 Å². The highest BCUT2D eigenvalue weighted by molar-refractivity contribution is 7.99. The smallest absolute Gasteiger partial charge is 0.196 e. The molecule has 1 aliphatic heterocycles. The lowest BCUT2D eigenvalue weighted by Gasteiger charge is -2.39. The van der Waals surface area contributed by atoms with E-state index in [1.807, 2.05) is 50.2 Å². The van der Waals surface area contributed by atoms with Gasteiger partial charge in [-0.2, -0.15) is 5.10 Å². The van der Waals surface area contributed by atoms with E-state index in [0.29, 0.717) is 72.7 Å². The zero-order valence-electron chi connectivity index (χ0n) is 23.3. The van der Waals surface area contributed by atoms with Crippen molar-refractivity contribution in [2.75, 3.05) is 30.4 Å². The molecule has 1 saturated heterocycles. The van der Waals surface area contributed by atoms with Crippen molar-refractivity contribution in [3.63, 3.8) is 0 Å². The summed E-state index contributed by atoms with van der Waals surface area (Å²) in [5, 5.41) is 22.5. The molecule has 0 atom stereocenters. The Kier molecular flexibility index (Phi) is 8.55. The van der Waals surface area contributed by atoms with Crippen molar-refractivity contribution in [1.82, 2.24) is 20.2 Å².